The number of hydrogen-bond acceptors (Lipinski definition) is 4. The highest BCUT2D eigenvalue weighted by Crippen LogP contribution is 2.52. The standard InChI is InChI=1S/C11H16O4/c1-6-5-8(12)7-3-4-11(6,9(7)13)10(14)15-2/h6-8,12H,3-5H2,1-2H3/t6-,7+,8+,11+/m1/s1. The molecule has 0 spiro atoms. The summed E-state index contributed by atoms with van der Waals surface area (Å²) in [6.07, 6.45) is 1.08. The molecule has 0 aliphatic heterocycles. The average molecular weight is 212 g/mol. The summed E-state index contributed by atoms with van der Waals surface area (Å²) in [6, 6.07) is 0. The number of aliphatic hydroxyl groups is 1. The quantitative estimate of drug-likeness (QED) is 0.508. The van der Waals surface area contributed by atoms with Crippen LogP contribution in [0, 0.1) is 17.3 Å². The SMILES string of the molecule is COC(=O)[C@]12CC[C@H](C1=O)[C@@H](O)C[C@H]2C. The highest BCUT2D eigenvalue weighted by Gasteiger charge is 2.62. The smallest absolute Gasteiger partial charge is 0.319 e. The molecule has 4 heteroatoms. The van der Waals surface area contributed by atoms with Crippen molar-refractivity contribution in [2.45, 2.75) is 32.3 Å². The van der Waals surface area contributed by atoms with Gasteiger partial charge in [0.05, 0.1) is 13.2 Å². The molecule has 2 fully saturated rings. The predicted molar refractivity (Wildman–Crippen MR) is 52.0 cm³/mol. The molecule has 1 N–H and O–H groups in total. The molecule has 0 saturated heterocycles. The molecule has 0 aromatic rings. The minimum Gasteiger partial charge on any atom is -0.468 e. The van der Waals surface area contributed by atoms with E-state index in [1.165, 1.54) is 7.11 Å². The molecule has 15 heavy (non-hydrogen) atoms. The Morgan fingerprint density at radius 2 is 2.27 bits per heavy atom. The molecule has 2 rings (SSSR count). The Bertz CT molecular complexity index is 312. The van der Waals surface area contributed by atoms with Crippen molar-refractivity contribution in [3.8, 4) is 0 Å². The van der Waals surface area contributed by atoms with E-state index >= 15 is 0 Å². The van der Waals surface area contributed by atoms with Gasteiger partial charge in [-0.3, -0.25) is 9.59 Å². The third kappa shape index (κ3) is 1.17. The van der Waals surface area contributed by atoms with E-state index in [9.17, 15) is 14.7 Å². The van der Waals surface area contributed by atoms with Crippen LogP contribution in [0.4, 0.5) is 0 Å². The Balaban J connectivity index is 2.40. The van der Waals surface area contributed by atoms with Gasteiger partial charge in [-0.2, -0.15) is 0 Å². The third-order valence-electron chi connectivity index (χ3n) is 4.08. The van der Waals surface area contributed by atoms with Crippen molar-refractivity contribution >= 4 is 11.8 Å². The molecule has 84 valence electrons. The highest BCUT2D eigenvalue weighted by atomic mass is 16.5. The van der Waals surface area contributed by atoms with Gasteiger partial charge in [0.25, 0.3) is 0 Å². The average Bonchev–Trinajstić information content (AvgIpc) is 2.48. The van der Waals surface area contributed by atoms with Crippen molar-refractivity contribution in [1.29, 1.82) is 0 Å². The molecule has 0 amide bonds. The van der Waals surface area contributed by atoms with Crippen molar-refractivity contribution in [2.75, 3.05) is 7.11 Å². The van der Waals surface area contributed by atoms with Crippen molar-refractivity contribution in [3.05, 3.63) is 0 Å². The molecule has 0 radical (unpaired) electrons. The zero-order valence-corrected chi connectivity index (χ0v) is 9.03. The first-order valence-corrected chi connectivity index (χ1v) is 5.35. The summed E-state index contributed by atoms with van der Waals surface area (Å²) in [4.78, 5) is 23.8. The molecule has 4 atom stereocenters. The highest BCUT2D eigenvalue weighted by molar-refractivity contribution is 6.07. The van der Waals surface area contributed by atoms with Crippen LogP contribution in [0.5, 0.6) is 0 Å². The predicted octanol–water partition coefficient (Wildman–Crippen LogP) is 0.526. The van der Waals surface area contributed by atoms with E-state index in [2.05, 4.69) is 0 Å². The van der Waals surface area contributed by atoms with Crippen molar-refractivity contribution in [3.63, 3.8) is 0 Å². The normalized spacial score (nSPS) is 44.2. The maximum atomic E-state index is 12.1. The van der Waals surface area contributed by atoms with Crippen molar-refractivity contribution in [2.24, 2.45) is 17.3 Å². The minimum absolute atomic E-state index is 0.111. The van der Waals surface area contributed by atoms with Gasteiger partial charge in [0.15, 0.2) is 5.78 Å². The van der Waals surface area contributed by atoms with Crippen LogP contribution in [0.2, 0.25) is 0 Å². The van der Waals surface area contributed by atoms with Crippen molar-refractivity contribution < 1.29 is 19.4 Å². The Morgan fingerprint density at radius 1 is 1.60 bits per heavy atom. The zero-order valence-electron chi connectivity index (χ0n) is 9.03. The number of hydrogen-bond donors (Lipinski definition) is 1. The number of fused-ring (bicyclic) bond motifs is 2. The van der Waals surface area contributed by atoms with Crippen LogP contribution in [-0.2, 0) is 14.3 Å². The van der Waals surface area contributed by atoms with E-state index in [4.69, 9.17) is 4.74 Å². The van der Waals surface area contributed by atoms with Gasteiger partial charge in [-0.15, -0.1) is 0 Å². The molecular formula is C11H16O4. The van der Waals surface area contributed by atoms with Gasteiger partial charge in [-0.1, -0.05) is 6.92 Å². The summed E-state index contributed by atoms with van der Waals surface area (Å²) in [7, 11) is 1.31. The second-order valence-electron chi connectivity index (χ2n) is 4.68. The number of ether oxygens (including phenoxy) is 1. The fraction of sp³-hybridized carbons (Fsp3) is 0.818. The summed E-state index contributed by atoms with van der Waals surface area (Å²) >= 11 is 0. The fourth-order valence-electron chi connectivity index (χ4n) is 3.14. The first-order valence-electron chi connectivity index (χ1n) is 5.35. The van der Waals surface area contributed by atoms with Gasteiger partial charge in [0, 0.05) is 5.92 Å². The van der Waals surface area contributed by atoms with Gasteiger partial charge in [0.1, 0.15) is 5.41 Å². The molecule has 0 unspecified atom stereocenters. The summed E-state index contributed by atoms with van der Waals surface area (Å²) < 4.78 is 4.75. The van der Waals surface area contributed by atoms with E-state index in [1.54, 1.807) is 0 Å². The van der Waals surface area contributed by atoms with E-state index < -0.39 is 17.5 Å². The van der Waals surface area contributed by atoms with Gasteiger partial charge < -0.3 is 9.84 Å². The molecule has 0 aromatic heterocycles. The number of methoxy groups -OCH3 is 1. The Morgan fingerprint density at radius 3 is 2.87 bits per heavy atom. The van der Waals surface area contributed by atoms with Crippen LogP contribution in [-0.4, -0.2) is 30.1 Å². The van der Waals surface area contributed by atoms with E-state index in [-0.39, 0.29) is 17.6 Å². The lowest BCUT2D eigenvalue weighted by molar-refractivity contribution is -0.165. The van der Waals surface area contributed by atoms with Crippen LogP contribution < -0.4 is 0 Å². The molecule has 2 aliphatic rings. The van der Waals surface area contributed by atoms with Crippen LogP contribution >= 0.6 is 0 Å². The lowest BCUT2D eigenvalue weighted by Gasteiger charge is -2.37. The van der Waals surface area contributed by atoms with Crippen LogP contribution in [0.1, 0.15) is 26.2 Å². The lowest BCUT2D eigenvalue weighted by Crippen LogP contribution is -2.50. The van der Waals surface area contributed by atoms with E-state index in [0.29, 0.717) is 19.3 Å². The lowest BCUT2D eigenvalue weighted by atomic mass is 9.66. The number of Topliss-reactive ketones (excluding diaryl/α,β-unsaturated/α-hetero) is 1. The summed E-state index contributed by atoms with van der Waals surface area (Å²) in [6.45, 7) is 1.85. The largest absolute Gasteiger partial charge is 0.468 e. The topological polar surface area (TPSA) is 63.6 Å². The zero-order chi connectivity index (χ0) is 11.2. The molecule has 0 heterocycles. The Kier molecular flexibility index (Phi) is 2.34. The van der Waals surface area contributed by atoms with Gasteiger partial charge in [-0.05, 0) is 25.2 Å². The maximum Gasteiger partial charge on any atom is 0.319 e. The number of esters is 1. The van der Waals surface area contributed by atoms with Gasteiger partial charge >= 0.3 is 5.97 Å². The summed E-state index contributed by atoms with van der Waals surface area (Å²) in [5.41, 5.74) is -0.960. The number of ketones is 1. The molecule has 4 nitrogen and oxygen atoms in total. The molecular weight excluding hydrogens is 196 g/mol. The molecule has 2 aliphatic carbocycles. The number of carbonyl (C=O) groups is 2. The summed E-state index contributed by atoms with van der Waals surface area (Å²) in [5.74, 6) is -0.999. The van der Waals surface area contributed by atoms with Crippen LogP contribution in [0.15, 0.2) is 0 Å². The van der Waals surface area contributed by atoms with E-state index in [0.717, 1.165) is 0 Å². The van der Waals surface area contributed by atoms with Crippen LogP contribution in [0.25, 0.3) is 0 Å². The second-order valence-corrected chi connectivity index (χ2v) is 4.68. The number of rotatable bonds is 1. The first-order chi connectivity index (χ1) is 7.04. The van der Waals surface area contributed by atoms with Crippen LogP contribution in [0.3, 0.4) is 0 Å². The fourth-order valence-corrected chi connectivity index (χ4v) is 3.14. The first kappa shape index (κ1) is 10.6. The third-order valence-corrected chi connectivity index (χ3v) is 4.08. The molecule has 2 bridgehead atoms. The monoisotopic (exact) mass is 212 g/mol. The number of carbonyl (C=O) groups excluding carboxylic acids is 2. The molecule has 2 saturated carbocycles. The summed E-state index contributed by atoms with van der Waals surface area (Å²) in [5, 5.41) is 9.73. The Hall–Kier alpha value is -0.900. The maximum absolute atomic E-state index is 12.1. The second kappa shape index (κ2) is 3.30. The molecule has 0 aromatic carbocycles. The number of aliphatic hydroxyl groups excluding tert-OH is 1. The Labute approximate surface area is 88.6 Å². The van der Waals surface area contributed by atoms with E-state index in [1.807, 2.05) is 6.92 Å². The van der Waals surface area contributed by atoms with Gasteiger partial charge in [0.2, 0.25) is 0 Å². The van der Waals surface area contributed by atoms with Gasteiger partial charge in [-0.25, -0.2) is 0 Å². The minimum atomic E-state index is -0.960. The van der Waals surface area contributed by atoms with Crippen molar-refractivity contribution in [1.82, 2.24) is 0 Å².